The van der Waals surface area contributed by atoms with E-state index in [1.807, 2.05) is 30.3 Å². The third kappa shape index (κ3) is 3.80. The molecule has 8 heteroatoms. The number of likely N-dealkylation sites (tertiary alicyclic amines) is 2. The van der Waals surface area contributed by atoms with Crippen LogP contribution in [0.15, 0.2) is 48.5 Å². The maximum absolute atomic E-state index is 14.9. The van der Waals surface area contributed by atoms with Gasteiger partial charge in [0.15, 0.2) is 0 Å². The molecule has 2 aromatic carbocycles. The van der Waals surface area contributed by atoms with Crippen molar-refractivity contribution in [2.75, 3.05) is 13.5 Å². The van der Waals surface area contributed by atoms with Gasteiger partial charge in [-0.2, -0.15) is 13.2 Å². The van der Waals surface area contributed by atoms with Gasteiger partial charge in [0.1, 0.15) is 6.04 Å². The average molecular weight is 506 g/mol. The number of fused-ring (bicyclic) bond motifs is 3. The van der Waals surface area contributed by atoms with Gasteiger partial charge < -0.3 is 9.80 Å². The van der Waals surface area contributed by atoms with Crippen LogP contribution in [0.3, 0.4) is 0 Å². The van der Waals surface area contributed by atoms with Gasteiger partial charge in [-0.05, 0) is 61.3 Å². The van der Waals surface area contributed by atoms with Crippen LogP contribution in [0.5, 0.6) is 0 Å². The van der Waals surface area contributed by atoms with Crippen LogP contribution < -0.4 is 0 Å². The summed E-state index contributed by atoms with van der Waals surface area (Å²) in [6.45, 7) is -1.89. The molecular weight excluding hydrogens is 472 g/mol. The van der Waals surface area contributed by atoms with Crippen molar-refractivity contribution in [1.29, 1.82) is 0 Å². The Morgan fingerprint density at radius 2 is 1.86 bits per heavy atom. The standard InChI is InChI=1S/C28H30F4N2O2/c1-26(29,28(30,31)32)20-9-10-21-19(16-20)8-12-23-27(21,17-18-6-4-3-5-7-18)14-15-34(23)25(36)22-11-13-24(35)33(22)2/h3-7,9-10,16,22-23H,8,11-15,17H2,1-2H3/t22-,23+,26?,27+/m0/s1/i2D3. The number of nitrogens with zero attached hydrogens (tertiary/aromatic N) is 2. The molecule has 4 nitrogen and oxygen atoms in total. The van der Waals surface area contributed by atoms with Gasteiger partial charge >= 0.3 is 6.18 Å². The quantitative estimate of drug-likeness (QED) is 0.544. The van der Waals surface area contributed by atoms with E-state index < -0.39 is 47.7 Å². The highest BCUT2D eigenvalue weighted by Crippen LogP contribution is 2.51. The largest absolute Gasteiger partial charge is 0.426 e. The molecular formula is C28H30F4N2O2. The lowest BCUT2D eigenvalue weighted by Crippen LogP contribution is -2.53. The zero-order valence-corrected chi connectivity index (χ0v) is 19.9. The van der Waals surface area contributed by atoms with Gasteiger partial charge in [0.05, 0.1) is 0 Å². The van der Waals surface area contributed by atoms with Crippen molar-refractivity contribution in [3.05, 3.63) is 70.8 Å². The number of alkyl halides is 4. The third-order valence-corrected chi connectivity index (χ3v) is 8.36. The molecule has 0 spiro atoms. The second-order valence-corrected chi connectivity index (χ2v) is 10.3. The number of halogens is 4. The molecule has 2 amide bonds. The fourth-order valence-corrected chi connectivity index (χ4v) is 6.36. The normalized spacial score (nSPS) is 29.1. The molecule has 2 saturated heterocycles. The molecule has 2 fully saturated rings. The number of rotatable bonds is 4. The smallest absolute Gasteiger partial charge is 0.337 e. The lowest BCUT2D eigenvalue weighted by Gasteiger charge is -2.44. The summed E-state index contributed by atoms with van der Waals surface area (Å²) in [5.74, 6) is -0.992. The van der Waals surface area contributed by atoms with E-state index >= 15 is 0 Å². The van der Waals surface area contributed by atoms with E-state index in [0.717, 1.165) is 16.0 Å². The van der Waals surface area contributed by atoms with Crippen LogP contribution in [0.2, 0.25) is 0 Å². The predicted octanol–water partition coefficient (Wildman–Crippen LogP) is 5.08. The molecule has 0 aromatic heterocycles. The molecule has 1 unspecified atom stereocenters. The Bertz CT molecular complexity index is 1280. The van der Waals surface area contributed by atoms with Crippen LogP contribution in [0, 0.1) is 0 Å². The highest BCUT2D eigenvalue weighted by molar-refractivity contribution is 5.91. The van der Waals surface area contributed by atoms with Crippen molar-refractivity contribution in [2.45, 2.75) is 74.8 Å². The Morgan fingerprint density at radius 1 is 1.11 bits per heavy atom. The van der Waals surface area contributed by atoms with Crippen LogP contribution in [-0.2, 0) is 33.5 Å². The molecule has 192 valence electrons. The number of hydrogen-bond donors (Lipinski definition) is 0. The molecule has 36 heavy (non-hydrogen) atoms. The Morgan fingerprint density at radius 3 is 2.56 bits per heavy atom. The zero-order valence-electron chi connectivity index (χ0n) is 22.9. The van der Waals surface area contributed by atoms with E-state index in [4.69, 9.17) is 4.11 Å². The first-order chi connectivity index (χ1) is 18.2. The first-order valence-electron chi connectivity index (χ1n) is 13.7. The van der Waals surface area contributed by atoms with Crippen molar-refractivity contribution in [2.24, 2.45) is 0 Å². The number of aryl methyl sites for hydroxylation is 1. The minimum atomic E-state index is -5.07. The maximum Gasteiger partial charge on any atom is 0.426 e. The molecule has 5 rings (SSSR count). The summed E-state index contributed by atoms with van der Waals surface area (Å²) < 4.78 is 78.7. The molecule has 1 aliphatic carbocycles. The molecule has 2 heterocycles. The summed E-state index contributed by atoms with van der Waals surface area (Å²) in [6.07, 6.45) is -3.18. The fraction of sp³-hybridized carbons (Fsp3) is 0.500. The second kappa shape index (κ2) is 8.60. The van der Waals surface area contributed by atoms with E-state index in [-0.39, 0.29) is 18.9 Å². The Labute approximate surface area is 212 Å². The first kappa shape index (κ1) is 21.2. The molecule has 0 bridgehead atoms. The molecule has 0 radical (unpaired) electrons. The third-order valence-electron chi connectivity index (χ3n) is 8.36. The summed E-state index contributed by atoms with van der Waals surface area (Å²) in [5, 5.41) is 0. The van der Waals surface area contributed by atoms with Crippen LogP contribution in [0.4, 0.5) is 17.6 Å². The number of benzene rings is 2. The number of hydrogen-bond acceptors (Lipinski definition) is 2. The number of amides is 2. The van der Waals surface area contributed by atoms with Crippen molar-refractivity contribution in [1.82, 2.24) is 9.80 Å². The Kier molecular flexibility index (Phi) is 5.06. The zero-order chi connectivity index (χ0) is 28.4. The lowest BCUT2D eigenvalue weighted by molar-refractivity contribution is -0.228. The van der Waals surface area contributed by atoms with Gasteiger partial charge in [-0.3, -0.25) is 9.59 Å². The van der Waals surface area contributed by atoms with Crippen molar-refractivity contribution >= 4 is 11.8 Å². The molecule has 0 N–H and O–H groups in total. The molecule has 2 aliphatic heterocycles. The topological polar surface area (TPSA) is 40.6 Å². The monoisotopic (exact) mass is 505 g/mol. The van der Waals surface area contributed by atoms with Gasteiger partial charge in [0.2, 0.25) is 17.5 Å². The minimum absolute atomic E-state index is 0.0186. The maximum atomic E-state index is 14.9. The summed E-state index contributed by atoms with van der Waals surface area (Å²) in [6, 6.07) is 12.2. The van der Waals surface area contributed by atoms with E-state index in [9.17, 15) is 27.2 Å². The Hall–Kier alpha value is -2.90. The number of likely N-dealkylation sites (N-methyl/N-ethyl adjacent to an activating group) is 1. The van der Waals surface area contributed by atoms with Crippen LogP contribution in [-0.4, -0.2) is 53.4 Å². The van der Waals surface area contributed by atoms with Gasteiger partial charge in [-0.15, -0.1) is 0 Å². The summed E-state index contributed by atoms with van der Waals surface area (Å²) in [4.78, 5) is 28.6. The van der Waals surface area contributed by atoms with Gasteiger partial charge in [-0.25, -0.2) is 4.39 Å². The van der Waals surface area contributed by atoms with Gasteiger partial charge in [0.25, 0.3) is 0 Å². The minimum Gasteiger partial charge on any atom is -0.337 e. The SMILES string of the molecule is [2H]C([2H])([2H])N1C(=O)CC[C@H]1C(=O)N1CC[C@@]2(Cc3ccccc3)c3ccc(C(C)(F)C(F)(F)F)cc3CC[C@@H]12. The summed E-state index contributed by atoms with van der Waals surface area (Å²) >= 11 is 0. The molecule has 2 aromatic rings. The molecule has 4 atom stereocenters. The van der Waals surface area contributed by atoms with E-state index in [0.29, 0.717) is 44.7 Å². The Balaban J connectivity index is 1.55. The van der Waals surface area contributed by atoms with Gasteiger partial charge in [0, 0.05) is 35.5 Å². The summed E-state index contributed by atoms with van der Waals surface area (Å²) in [7, 11) is 0. The lowest BCUT2D eigenvalue weighted by atomic mass is 9.63. The number of carbonyl (C=O) groups excluding carboxylic acids is 2. The molecule has 3 aliphatic rings. The van der Waals surface area contributed by atoms with Gasteiger partial charge in [-0.1, -0.05) is 48.5 Å². The fourth-order valence-electron chi connectivity index (χ4n) is 6.36. The van der Waals surface area contributed by atoms with E-state index in [1.54, 1.807) is 11.0 Å². The van der Waals surface area contributed by atoms with Crippen LogP contribution >= 0.6 is 0 Å². The van der Waals surface area contributed by atoms with E-state index in [1.165, 1.54) is 12.1 Å². The number of carbonyl (C=O) groups is 2. The highest BCUT2D eigenvalue weighted by Gasteiger charge is 2.56. The van der Waals surface area contributed by atoms with Crippen molar-refractivity contribution < 1.29 is 31.3 Å². The predicted molar refractivity (Wildman–Crippen MR) is 127 cm³/mol. The van der Waals surface area contributed by atoms with Crippen molar-refractivity contribution in [3.8, 4) is 0 Å². The van der Waals surface area contributed by atoms with Crippen molar-refractivity contribution in [3.63, 3.8) is 0 Å². The molecule has 0 saturated carbocycles. The van der Waals surface area contributed by atoms with Crippen LogP contribution in [0.1, 0.15) is 59.0 Å². The van der Waals surface area contributed by atoms with E-state index in [2.05, 4.69) is 0 Å². The van der Waals surface area contributed by atoms with Crippen LogP contribution in [0.25, 0.3) is 0 Å². The first-order valence-corrected chi connectivity index (χ1v) is 12.2. The summed E-state index contributed by atoms with van der Waals surface area (Å²) in [5.41, 5.74) is -2.21. The highest BCUT2D eigenvalue weighted by atomic mass is 19.4. The average Bonchev–Trinajstić information content (AvgIpc) is 3.44. The second-order valence-electron chi connectivity index (χ2n) is 10.3.